The van der Waals surface area contributed by atoms with Crippen molar-refractivity contribution in [3.05, 3.63) is 27.9 Å². The summed E-state index contributed by atoms with van der Waals surface area (Å²) in [5.74, 6) is 0. The molecule has 0 N–H and O–H groups in total. The first kappa shape index (κ1) is 12.3. The lowest BCUT2D eigenvalue weighted by molar-refractivity contribution is 0.0385. The lowest BCUT2D eigenvalue weighted by Crippen LogP contribution is -2.37. The zero-order valence-electron chi connectivity index (χ0n) is 10.2. The van der Waals surface area contributed by atoms with Gasteiger partial charge < -0.3 is 4.74 Å². The minimum atomic E-state index is 0.883. The third-order valence-corrected chi connectivity index (χ3v) is 4.88. The zero-order valence-corrected chi connectivity index (χ0v) is 11.8. The van der Waals surface area contributed by atoms with Crippen molar-refractivity contribution in [2.45, 2.75) is 6.42 Å². The second-order valence-corrected chi connectivity index (χ2v) is 6.23. The Hall–Kier alpha value is -0.750. The van der Waals surface area contributed by atoms with E-state index in [0.717, 1.165) is 45.0 Å². The SMILES string of the molecule is c1nc(-c2ccc(CCN3CCOCC3)s2)cs1. The molecule has 0 atom stereocenters. The van der Waals surface area contributed by atoms with Crippen LogP contribution in [0.1, 0.15) is 4.88 Å². The van der Waals surface area contributed by atoms with Crippen molar-refractivity contribution in [3.63, 3.8) is 0 Å². The van der Waals surface area contributed by atoms with E-state index in [4.69, 9.17) is 4.74 Å². The molecule has 0 unspecified atom stereocenters. The monoisotopic (exact) mass is 280 g/mol. The highest BCUT2D eigenvalue weighted by Gasteiger charge is 2.11. The van der Waals surface area contributed by atoms with Gasteiger partial charge in [-0.1, -0.05) is 0 Å². The number of ether oxygens (including phenoxy) is 1. The van der Waals surface area contributed by atoms with Crippen LogP contribution in [0, 0.1) is 0 Å². The lowest BCUT2D eigenvalue weighted by Gasteiger charge is -2.26. The van der Waals surface area contributed by atoms with E-state index in [2.05, 4.69) is 27.4 Å². The number of hydrogen-bond donors (Lipinski definition) is 0. The van der Waals surface area contributed by atoms with Crippen LogP contribution < -0.4 is 0 Å². The quantitative estimate of drug-likeness (QED) is 0.861. The molecule has 5 heteroatoms. The maximum absolute atomic E-state index is 5.36. The molecule has 0 bridgehead atoms. The summed E-state index contributed by atoms with van der Waals surface area (Å²) in [6, 6.07) is 4.42. The number of aromatic nitrogens is 1. The predicted octanol–water partition coefficient (Wildman–Crippen LogP) is 2.75. The molecule has 0 aliphatic carbocycles. The molecule has 0 aromatic carbocycles. The van der Waals surface area contributed by atoms with Crippen LogP contribution in [0.4, 0.5) is 0 Å². The molecule has 0 amide bonds. The third-order valence-electron chi connectivity index (χ3n) is 3.12. The largest absolute Gasteiger partial charge is 0.379 e. The van der Waals surface area contributed by atoms with E-state index in [1.165, 1.54) is 9.75 Å². The van der Waals surface area contributed by atoms with Crippen molar-refractivity contribution in [1.29, 1.82) is 0 Å². The molecule has 3 nitrogen and oxygen atoms in total. The van der Waals surface area contributed by atoms with Gasteiger partial charge in [0, 0.05) is 29.9 Å². The number of morpholine rings is 1. The highest BCUT2D eigenvalue weighted by atomic mass is 32.1. The Morgan fingerprint density at radius 3 is 2.94 bits per heavy atom. The normalized spacial score (nSPS) is 17.1. The second-order valence-electron chi connectivity index (χ2n) is 4.34. The van der Waals surface area contributed by atoms with Crippen LogP contribution in [0.25, 0.3) is 10.6 Å². The van der Waals surface area contributed by atoms with Gasteiger partial charge in [0.1, 0.15) is 0 Å². The Balaban J connectivity index is 1.57. The molecule has 1 aliphatic heterocycles. The van der Waals surface area contributed by atoms with Crippen molar-refractivity contribution < 1.29 is 4.74 Å². The molecule has 0 radical (unpaired) electrons. The van der Waals surface area contributed by atoms with Crippen LogP contribution in [0.3, 0.4) is 0 Å². The van der Waals surface area contributed by atoms with Crippen LogP contribution in [-0.2, 0) is 11.2 Å². The Labute approximate surface area is 115 Å². The van der Waals surface area contributed by atoms with Gasteiger partial charge in [-0.25, -0.2) is 4.98 Å². The van der Waals surface area contributed by atoms with E-state index >= 15 is 0 Å². The van der Waals surface area contributed by atoms with Gasteiger partial charge in [-0.3, -0.25) is 4.90 Å². The van der Waals surface area contributed by atoms with E-state index < -0.39 is 0 Å². The first-order chi connectivity index (χ1) is 8.92. The highest BCUT2D eigenvalue weighted by Crippen LogP contribution is 2.28. The van der Waals surface area contributed by atoms with Gasteiger partial charge in [0.2, 0.25) is 0 Å². The first-order valence-electron chi connectivity index (χ1n) is 6.19. The maximum atomic E-state index is 5.36. The summed E-state index contributed by atoms with van der Waals surface area (Å²) >= 11 is 3.52. The number of rotatable bonds is 4. The van der Waals surface area contributed by atoms with Gasteiger partial charge in [0.05, 0.1) is 29.3 Å². The summed E-state index contributed by atoms with van der Waals surface area (Å²) in [7, 11) is 0. The van der Waals surface area contributed by atoms with Gasteiger partial charge in [0.15, 0.2) is 0 Å². The Bertz CT molecular complexity index is 475. The molecule has 2 aromatic rings. The van der Waals surface area contributed by atoms with Gasteiger partial charge in [-0.05, 0) is 18.6 Å². The predicted molar refractivity (Wildman–Crippen MR) is 76.4 cm³/mol. The molecular formula is C13H16N2OS2. The minimum Gasteiger partial charge on any atom is -0.379 e. The lowest BCUT2D eigenvalue weighted by atomic mass is 10.3. The standard InChI is InChI=1S/C13H16N2OS2/c1-2-13(12-9-17-10-14-12)18-11(1)3-4-15-5-7-16-8-6-15/h1-2,9-10H,3-8H2. The Kier molecular flexibility index (Phi) is 4.05. The zero-order chi connectivity index (χ0) is 12.2. The van der Waals surface area contributed by atoms with E-state index in [1.54, 1.807) is 11.3 Å². The average molecular weight is 280 g/mol. The van der Waals surface area contributed by atoms with Crippen molar-refractivity contribution in [2.24, 2.45) is 0 Å². The average Bonchev–Trinajstić information content (AvgIpc) is 3.08. The topological polar surface area (TPSA) is 25.4 Å². The van der Waals surface area contributed by atoms with E-state index in [1.807, 2.05) is 16.8 Å². The van der Waals surface area contributed by atoms with Crippen LogP contribution in [-0.4, -0.2) is 42.7 Å². The molecule has 1 saturated heterocycles. The number of hydrogen-bond acceptors (Lipinski definition) is 5. The van der Waals surface area contributed by atoms with Crippen LogP contribution >= 0.6 is 22.7 Å². The third kappa shape index (κ3) is 2.98. The Morgan fingerprint density at radius 2 is 2.17 bits per heavy atom. The molecule has 2 aromatic heterocycles. The summed E-state index contributed by atoms with van der Waals surface area (Å²) < 4.78 is 5.36. The highest BCUT2D eigenvalue weighted by molar-refractivity contribution is 7.16. The molecule has 3 rings (SSSR count). The molecular weight excluding hydrogens is 264 g/mol. The number of nitrogens with zero attached hydrogens (tertiary/aromatic N) is 2. The summed E-state index contributed by atoms with van der Waals surface area (Å²) in [5.41, 5.74) is 3.00. The van der Waals surface area contributed by atoms with Crippen molar-refractivity contribution in [1.82, 2.24) is 9.88 Å². The summed E-state index contributed by atoms with van der Waals surface area (Å²) in [5, 5.41) is 2.11. The smallest absolute Gasteiger partial charge is 0.0910 e. The van der Waals surface area contributed by atoms with Gasteiger partial charge >= 0.3 is 0 Å². The summed E-state index contributed by atoms with van der Waals surface area (Å²) in [4.78, 5) is 9.56. The van der Waals surface area contributed by atoms with Crippen LogP contribution in [0.2, 0.25) is 0 Å². The van der Waals surface area contributed by atoms with Crippen LogP contribution in [0.15, 0.2) is 23.0 Å². The van der Waals surface area contributed by atoms with E-state index in [9.17, 15) is 0 Å². The maximum Gasteiger partial charge on any atom is 0.0910 e. The van der Waals surface area contributed by atoms with Gasteiger partial charge in [0.25, 0.3) is 0 Å². The molecule has 96 valence electrons. The molecule has 1 fully saturated rings. The molecule has 18 heavy (non-hydrogen) atoms. The van der Waals surface area contributed by atoms with Crippen LogP contribution in [0.5, 0.6) is 0 Å². The fourth-order valence-corrected chi connectivity index (χ4v) is 3.67. The summed E-state index contributed by atoms with van der Waals surface area (Å²) in [6.45, 7) is 5.05. The van der Waals surface area contributed by atoms with Gasteiger partial charge in [-0.15, -0.1) is 22.7 Å². The fraction of sp³-hybridized carbons (Fsp3) is 0.462. The second kappa shape index (κ2) is 5.93. The van der Waals surface area contributed by atoms with Crippen molar-refractivity contribution >= 4 is 22.7 Å². The molecule has 1 aliphatic rings. The van der Waals surface area contributed by atoms with E-state index in [0.29, 0.717) is 0 Å². The van der Waals surface area contributed by atoms with Crippen molar-refractivity contribution in [3.8, 4) is 10.6 Å². The Morgan fingerprint density at radius 1 is 1.28 bits per heavy atom. The fourth-order valence-electron chi connectivity index (χ4n) is 2.08. The number of thiazole rings is 1. The number of thiophene rings is 1. The minimum absolute atomic E-state index is 0.883. The molecule has 3 heterocycles. The van der Waals surface area contributed by atoms with Crippen molar-refractivity contribution in [2.75, 3.05) is 32.8 Å². The molecule has 0 spiro atoms. The first-order valence-corrected chi connectivity index (χ1v) is 7.95. The van der Waals surface area contributed by atoms with Gasteiger partial charge in [-0.2, -0.15) is 0 Å². The summed E-state index contributed by atoms with van der Waals surface area (Å²) in [6.07, 6.45) is 1.13. The molecule has 0 saturated carbocycles. The van der Waals surface area contributed by atoms with E-state index in [-0.39, 0.29) is 0 Å².